The van der Waals surface area contributed by atoms with Crippen molar-refractivity contribution in [2.75, 3.05) is 19.0 Å². The van der Waals surface area contributed by atoms with Crippen LogP contribution in [0, 0.1) is 0 Å². The van der Waals surface area contributed by atoms with Crippen LogP contribution in [0.15, 0.2) is 18.2 Å². The van der Waals surface area contributed by atoms with E-state index in [-0.39, 0.29) is 29.9 Å². The minimum Gasteiger partial charge on any atom is -0.496 e. The number of aromatic carboxylic acids is 1. The van der Waals surface area contributed by atoms with Crippen molar-refractivity contribution in [2.45, 2.75) is 31.8 Å². The van der Waals surface area contributed by atoms with E-state index in [0.29, 0.717) is 5.69 Å². The number of rotatable bonds is 6. The van der Waals surface area contributed by atoms with Gasteiger partial charge in [-0.3, -0.25) is 4.79 Å². The van der Waals surface area contributed by atoms with Crippen LogP contribution in [0.1, 0.15) is 36.0 Å². The Bertz CT molecular complexity index is 523. The van der Waals surface area contributed by atoms with Gasteiger partial charge in [0.1, 0.15) is 17.9 Å². The zero-order valence-corrected chi connectivity index (χ0v) is 11.9. The number of ether oxygens (including phenoxy) is 2. The Labute approximate surface area is 123 Å². The van der Waals surface area contributed by atoms with E-state index in [1.165, 1.54) is 25.3 Å². The van der Waals surface area contributed by atoms with E-state index in [9.17, 15) is 9.59 Å². The van der Waals surface area contributed by atoms with Crippen LogP contribution in [0.25, 0.3) is 0 Å². The number of methoxy groups -OCH3 is 1. The Hall–Kier alpha value is -2.08. The van der Waals surface area contributed by atoms with Crippen molar-refractivity contribution < 1.29 is 24.2 Å². The van der Waals surface area contributed by atoms with Gasteiger partial charge in [0.05, 0.1) is 13.2 Å². The van der Waals surface area contributed by atoms with Crippen LogP contribution in [0.4, 0.5) is 5.69 Å². The molecule has 1 fully saturated rings. The maximum absolute atomic E-state index is 11.8. The van der Waals surface area contributed by atoms with E-state index >= 15 is 0 Å². The molecule has 0 spiro atoms. The van der Waals surface area contributed by atoms with Gasteiger partial charge in [0.15, 0.2) is 0 Å². The summed E-state index contributed by atoms with van der Waals surface area (Å²) >= 11 is 0. The van der Waals surface area contributed by atoms with E-state index in [1.54, 1.807) is 0 Å². The van der Waals surface area contributed by atoms with Gasteiger partial charge in [-0.2, -0.15) is 0 Å². The van der Waals surface area contributed by atoms with Gasteiger partial charge in [0.2, 0.25) is 5.91 Å². The average molecular weight is 293 g/mol. The highest BCUT2D eigenvalue weighted by atomic mass is 16.5. The lowest BCUT2D eigenvalue weighted by Gasteiger charge is -2.12. The number of amides is 1. The van der Waals surface area contributed by atoms with Gasteiger partial charge in [-0.1, -0.05) is 12.8 Å². The molecule has 0 aliphatic heterocycles. The van der Waals surface area contributed by atoms with Crippen molar-refractivity contribution in [1.29, 1.82) is 0 Å². The number of carboxylic acids is 1. The molecule has 0 radical (unpaired) electrons. The number of hydrogen-bond acceptors (Lipinski definition) is 4. The van der Waals surface area contributed by atoms with Crippen molar-refractivity contribution in [3.63, 3.8) is 0 Å². The monoisotopic (exact) mass is 293 g/mol. The van der Waals surface area contributed by atoms with Crippen LogP contribution in [-0.2, 0) is 9.53 Å². The van der Waals surface area contributed by atoms with Crippen molar-refractivity contribution in [1.82, 2.24) is 0 Å². The maximum atomic E-state index is 11.8. The van der Waals surface area contributed by atoms with Crippen molar-refractivity contribution in [3.8, 4) is 5.75 Å². The Morgan fingerprint density at radius 3 is 2.67 bits per heavy atom. The molecule has 114 valence electrons. The second-order valence-electron chi connectivity index (χ2n) is 4.99. The number of anilines is 1. The molecule has 2 N–H and O–H groups in total. The van der Waals surface area contributed by atoms with Crippen LogP contribution in [0.3, 0.4) is 0 Å². The van der Waals surface area contributed by atoms with Gasteiger partial charge in [-0.05, 0) is 25.0 Å². The minimum absolute atomic E-state index is 0.00760. The van der Waals surface area contributed by atoms with E-state index in [1.807, 2.05) is 0 Å². The molecule has 0 atom stereocenters. The van der Waals surface area contributed by atoms with Crippen LogP contribution in [-0.4, -0.2) is 36.8 Å². The topological polar surface area (TPSA) is 84.9 Å². The molecular formula is C15H19NO5. The molecule has 2 rings (SSSR count). The summed E-state index contributed by atoms with van der Waals surface area (Å²) in [6.45, 7) is 0.00760. The molecule has 6 heteroatoms. The second kappa shape index (κ2) is 7.08. The molecule has 1 aromatic rings. The summed E-state index contributed by atoms with van der Waals surface area (Å²) < 4.78 is 10.5. The molecule has 1 amide bonds. The number of carboxylic acid groups (broad SMARTS) is 1. The Balaban J connectivity index is 1.92. The van der Waals surface area contributed by atoms with E-state index in [2.05, 4.69) is 5.32 Å². The third-order valence-corrected chi connectivity index (χ3v) is 3.47. The van der Waals surface area contributed by atoms with Crippen molar-refractivity contribution in [3.05, 3.63) is 23.8 Å². The standard InChI is InChI=1S/C15H19NO5/c1-20-13-8-10(6-7-12(13)15(18)19)16-14(17)9-21-11-4-2-3-5-11/h6-8,11H,2-5,9H2,1H3,(H,16,17)(H,18,19). The molecule has 1 aliphatic carbocycles. The van der Waals surface area contributed by atoms with Gasteiger partial charge >= 0.3 is 5.97 Å². The summed E-state index contributed by atoms with van der Waals surface area (Å²) in [5.74, 6) is -1.13. The van der Waals surface area contributed by atoms with Crippen molar-refractivity contribution in [2.24, 2.45) is 0 Å². The zero-order chi connectivity index (χ0) is 15.2. The van der Waals surface area contributed by atoms with Gasteiger partial charge < -0.3 is 19.9 Å². The third kappa shape index (κ3) is 4.19. The normalized spacial score (nSPS) is 14.9. The van der Waals surface area contributed by atoms with E-state index < -0.39 is 5.97 Å². The molecule has 0 aromatic heterocycles. The van der Waals surface area contributed by atoms with Crippen LogP contribution < -0.4 is 10.1 Å². The molecule has 0 saturated heterocycles. The number of benzene rings is 1. The highest BCUT2D eigenvalue weighted by Crippen LogP contribution is 2.23. The quantitative estimate of drug-likeness (QED) is 0.840. The van der Waals surface area contributed by atoms with Gasteiger partial charge in [0, 0.05) is 11.8 Å². The fourth-order valence-corrected chi connectivity index (χ4v) is 2.39. The molecule has 1 aromatic carbocycles. The summed E-state index contributed by atoms with van der Waals surface area (Å²) in [6, 6.07) is 4.41. The molecule has 1 saturated carbocycles. The van der Waals surface area contributed by atoms with Crippen molar-refractivity contribution >= 4 is 17.6 Å². The number of carbonyl (C=O) groups excluding carboxylic acids is 1. The van der Waals surface area contributed by atoms with E-state index in [4.69, 9.17) is 14.6 Å². The lowest BCUT2D eigenvalue weighted by molar-refractivity contribution is -0.122. The zero-order valence-electron chi connectivity index (χ0n) is 11.9. The molecule has 0 unspecified atom stereocenters. The lowest BCUT2D eigenvalue weighted by Crippen LogP contribution is -2.22. The average Bonchev–Trinajstić information content (AvgIpc) is 2.98. The van der Waals surface area contributed by atoms with Gasteiger partial charge in [0.25, 0.3) is 0 Å². The van der Waals surface area contributed by atoms with E-state index in [0.717, 1.165) is 25.7 Å². The predicted octanol–water partition coefficient (Wildman–Crippen LogP) is 2.29. The fraction of sp³-hybridized carbons (Fsp3) is 0.467. The summed E-state index contributed by atoms with van der Waals surface area (Å²) in [7, 11) is 1.39. The summed E-state index contributed by atoms with van der Waals surface area (Å²) in [6.07, 6.45) is 4.50. The molecular weight excluding hydrogens is 274 g/mol. The maximum Gasteiger partial charge on any atom is 0.339 e. The highest BCUT2D eigenvalue weighted by molar-refractivity contribution is 5.95. The lowest BCUT2D eigenvalue weighted by atomic mass is 10.2. The first-order valence-electron chi connectivity index (χ1n) is 6.93. The Kier molecular flexibility index (Phi) is 5.16. The SMILES string of the molecule is COc1cc(NC(=O)COC2CCCC2)ccc1C(=O)O. The summed E-state index contributed by atoms with van der Waals surface area (Å²) in [4.78, 5) is 22.8. The second-order valence-corrected chi connectivity index (χ2v) is 4.99. The first kappa shape index (κ1) is 15.3. The first-order chi connectivity index (χ1) is 10.1. The summed E-state index contributed by atoms with van der Waals surface area (Å²) in [5, 5.41) is 11.7. The molecule has 6 nitrogen and oxygen atoms in total. The third-order valence-electron chi connectivity index (χ3n) is 3.47. The fourth-order valence-electron chi connectivity index (χ4n) is 2.39. The molecule has 0 bridgehead atoms. The first-order valence-corrected chi connectivity index (χ1v) is 6.93. The van der Waals surface area contributed by atoms with Crippen LogP contribution in [0.2, 0.25) is 0 Å². The molecule has 0 heterocycles. The smallest absolute Gasteiger partial charge is 0.339 e. The number of carbonyl (C=O) groups is 2. The van der Waals surface area contributed by atoms with Gasteiger partial charge in [-0.25, -0.2) is 4.79 Å². The van der Waals surface area contributed by atoms with Crippen LogP contribution in [0.5, 0.6) is 5.75 Å². The summed E-state index contributed by atoms with van der Waals surface area (Å²) in [5.41, 5.74) is 0.537. The Morgan fingerprint density at radius 1 is 1.33 bits per heavy atom. The highest BCUT2D eigenvalue weighted by Gasteiger charge is 2.17. The van der Waals surface area contributed by atoms with Crippen LogP contribution >= 0.6 is 0 Å². The molecule has 1 aliphatic rings. The van der Waals surface area contributed by atoms with Gasteiger partial charge in [-0.15, -0.1) is 0 Å². The number of hydrogen-bond donors (Lipinski definition) is 2. The molecule has 21 heavy (non-hydrogen) atoms. The number of nitrogens with one attached hydrogen (secondary N) is 1. The predicted molar refractivity (Wildman–Crippen MR) is 76.8 cm³/mol. The Morgan fingerprint density at radius 2 is 2.05 bits per heavy atom. The largest absolute Gasteiger partial charge is 0.496 e. The minimum atomic E-state index is -1.07.